The molecule has 2 heterocycles. The van der Waals surface area contributed by atoms with Crippen LogP contribution in [0.4, 0.5) is 11.8 Å². The van der Waals surface area contributed by atoms with E-state index in [1.807, 2.05) is 6.07 Å². The van der Waals surface area contributed by atoms with E-state index in [0.29, 0.717) is 28.2 Å². The van der Waals surface area contributed by atoms with E-state index < -0.39 is 0 Å². The molecule has 1 saturated heterocycles. The van der Waals surface area contributed by atoms with Crippen molar-refractivity contribution in [1.82, 2.24) is 15.3 Å². The molecule has 1 aliphatic heterocycles. The van der Waals surface area contributed by atoms with Crippen molar-refractivity contribution in [3.05, 3.63) is 11.2 Å². The monoisotopic (exact) mass is 325 g/mol. The van der Waals surface area contributed by atoms with Crippen molar-refractivity contribution in [2.24, 2.45) is 5.92 Å². The van der Waals surface area contributed by atoms with Gasteiger partial charge < -0.3 is 15.5 Å². The van der Waals surface area contributed by atoms with Crippen LogP contribution in [0.1, 0.15) is 32.6 Å². The molecule has 1 saturated carbocycles. The number of aromatic nitrogens is 2. The van der Waals surface area contributed by atoms with E-state index in [1.165, 1.54) is 25.7 Å². The maximum atomic E-state index is 6.13. The Labute approximate surface area is 135 Å². The van der Waals surface area contributed by atoms with Crippen molar-refractivity contribution in [2.45, 2.75) is 38.6 Å². The van der Waals surface area contributed by atoms with Crippen LogP contribution >= 0.6 is 23.8 Å². The molecule has 3 rings (SSSR count). The fraction of sp³-hybridized carbons (Fsp3) is 0.643. The highest BCUT2D eigenvalue weighted by molar-refractivity contribution is 7.80. The van der Waals surface area contributed by atoms with Crippen LogP contribution in [0, 0.1) is 5.92 Å². The summed E-state index contributed by atoms with van der Waals surface area (Å²) in [6, 6.07) is 2.33. The van der Waals surface area contributed by atoms with Gasteiger partial charge in [0, 0.05) is 25.2 Å². The van der Waals surface area contributed by atoms with Crippen molar-refractivity contribution in [3.8, 4) is 0 Å². The number of hydrogen-bond acceptors (Lipinski definition) is 4. The second-order valence-corrected chi connectivity index (χ2v) is 6.73. The Morgan fingerprint density at radius 3 is 2.90 bits per heavy atom. The van der Waals surface area contributed by atoms with Gasteiger partial charge in [-0.25, -0.2) is 4.98 Å². The van der Waals surface area contributed by atoms with E-state index in [0.717, 1.165) is 18.9 Å². The molecule has 2 fully saturated rings. The molecular weight excluding hydrogens is 306 g/mol. The number of piperidine rings is 1. The number of anilines is 2. The highest BCUT2D eigenvalue weighted by Crippen LogP contribution is 2.24. The number of nitrogens with zero attached hydrogens (tertiary/aromatic N) is 3. The van der Waals surface area contributed by atoms with Gasteiger partial charge in [-0.3, -0.25) is 0 Å². The molecule has 0 aromatic carbocycles. The lowest BCUT2D eigenvalue weighted by molar-refractivity contribution is 0.444. The highest BCUT2D eigenvalue weighted by atomic mass is 35.5. The van der Waals surface area contributed by atoms with Gasteiger partial charge in [0.05, 0.1) is 0 Å². The van der Waals surface area contributed by atoms with E-state index in [-0.39, 0.29) is 0 Å². The van der Waals surface area contributed by atoms with Crippen LogP contribution in [-0.2, 0) is 0 Å². The lowest BCUT2D eigenvalue weighted by Gasteiger charge is -2.32. The molecule has 0 amide bonds. The predicted molar refractivity (Wildman–Crippen MR) is 90.0 cm³/mol. The summed E-state index contributed by atoms with van der Waals surface area (Å²) in [6.07, 6.45) is 4.81. The zero-order valence-corrected chi connectivity index (χ0v) is 13.7. The normalized spacial score (nSPS) is 22.0. The quantitative estimate of drug-likeness (QED) is 0.658. The largest absolute Gasteiger partial charge is 0.360 e. The topological polar surface area (TPSA) is 53.1 Å². The SMILES string of the molecule is C[C@@H]1CCCN(c2cc(Cl)nc(NC(=S)NC3CC3)n2)C1. The Balaban J connectivity index is 1.70. The Bertz CT molecular complexity index is 534. The molecule has 1 aliphatic carbocycles. The number of hydrogen-bond donors (Lipinski definition) is 2. The third-order valence-electron chi connectivity index (χ3n) is 3.80. The number of rotatable bonds is 3. The summed E-state index contributed by atoms with van der Waals surface area (Å²) in [5, 5.41) is 7.25. The van der Waals surface area contributed by atoms with Crippen molar-refractivity contribution in [1.29, 1.82) is 0 Å². The molecule has 0 bridgehead atoms. The summed E-state index contributed by atoms with van der Waals surface area (Å²) in [4.78, 5) is 11.0. The van der Waals surface area contributed by atoms with E-state index in [1.54, 1.807) is 0 Å². The third-order valence-corrected chi connectivity index (χ3v) is 4.21. The molecule has 114 valence electrons. The summed E-state index contributed by atoms with van der Waals surface area (Å²) in [7, 11) is 0. The highest BCUT2D eigenvalue weighted by Gasteiger charge is 2.22. The fourth-order valence-corrected chi connectivity index (χ4v) is 3.01. The van der Waals surface area contributed by atoms with Crippen molar-refractivity contribution >= 4 is 40.7 Å². The van der Waals surface area contributed by atoms with Gasteiger partial charge in [0.25, 0.3) is 0 Å². The van der Waals surface area contributed by atoms with E-state index in [2.05, 4.69) is 32.4 Å². The second kappa shape index (κ2) is 6.32. The smallest absolute Gasteiger partial charge is 0.232 e. The van der Waals surface area contributed by atoms with Gasteiger partial charge in [-0.2, -0.15) is 4.98 Å². The predicted octanol–water partition coefficient (Wildman–Crippen LogP) is 2.82. The lowest BCUT2D eigenvalue weighted by atomic mass is 10.0. The first kappa shape index (κ1) is 14.8. The minimum atomic E-state index is 0.440. The molecule has 2 aliphatic rings. The van der Waals surface area contributed by atoms with Crippen molar-refractivity contribution < 1.29 is 0 Å². The van der Waals surface area contributed by atoms with Gasteiger partial charge >= 0.3 is 0 Å². The standard InChI is InChI=1S/C14H20ClN5S/c1-9-3-2-6-20(8-9)12-7-11(15)17-13(18-12)19-14(21)16-10-4-5-10/h7,9-10H,2-6,8H2,1H3,(H2,16,17,18,19,21)/t9-/m1/s1. The number of halogens is 1. The van der Waals surface area contributed by atoms with E-state index >= 15 is 0 Å². The maximum absolute atomic E-state index is 6.13. The molecule has 0 unspecified atom stereocenters. The third kappa shape index (κ3) is 4.17. The van der Waals surface area contributed by atoms with Gasteiger partial charge in [0.2, 0.25) is 5.95 Å². The number of thiocarbonyl (C=S) groups is 1. The zero-order chi connectivity index (χ0) is 14.8. The first-order valence-corrected chi connectivity index (χ1v) is 8.26. The minimum absolute atomic E-state index is 0.440. The van der Waals surface area contributed by atoms with Crippen LogP contribution in [-0.4, -0.2) is 34.2 Å². The molecule has 21 heavy (non-hydrogen) atoms. The average Bonchev–Trinajstić information content (AvgIpc) is 3.21. The van der Waals surface area contributed by atoms with Crippen LogP contribution < -0.4 is 15.5 Å². The fourth-order valence-electron chi connectivity index (χ4n) is 2.57. The average molecular weight is 326 g/mol. The van der Waals surface area contributed by atoms with Gasteiger partial charge in [-0.1, -0.05) is 18.5 Å². The summed E-state index contributed by atoms with van der Waals surface area (Å²) in [5.41, 5.74) is 0. The molecule has 7 heteroatoms. The maximum Gasteiger partial charge on any atom is 0.232 e. The minimum Gasteiger partial charge on any atom is -0.360 e. The van der Waals surface area contributed by atoms with Crippen molar-refractivity contribution in [2.75, 3.05) is 23.3 Å². The summed E-state index contributed by atoms with van der Waals surface area (Å²) >= 11 is 11.4. The lowest BCUT2D eigenvalue weighted by Crippen LogP contribution is -2.35. The zero-order valence-electron chi connectivity index (χ0n) is 12.1. The van der Waals surface area contributed by atoms with Crippen LogP contribution in [0.25, 0.3) is 0 Å². The van der Waals surface area contributed by atoms with E-state index in [9.17, 15) is 0 Å². The Morgan fingerprint density at radius 2 is 2.19 bits per heavy atom. The van der Waals surface area contributed by atoms with Crippen LogP contribution in [0.2, 0.25) is 5.15 Å². The summed E-state index contributed by atoms with van der Waals surface area (Å²) < 4.78 is 0. The molecular formula is C14H20ClN5S. The Hall–Kier alpha value is -1.14. The number of nitrogens with one attached hydrogen (secondary N) is 2. The molecule has 1 aromatic heterocycles. The van der Waals surface area contributed by atoms with Gasteiger partial charge in [-0.05, 0) is 43.8 Å². The summed E-state index contributed by atoms with van der Waals surface area (Å²) in [5.74, 6) is 2.02. The van der Waals surface area contributed by atoms with Crippen LogP contribution in [0.15, 0.2) is 6.07 Å². The Kier molecular flexibility index (Phi) is 4.45. The Morgan fingerprint density at radius 1 is 1.38 bits per heavy atom. The molecule has 1 atom stereocenters. The van der Waals surface area contributed by atoms with Crippen LogP contribution in [0.5, 0.6) is 0 Å². The first-order valence-electron chi connectivity index (χ1n) is 7.47. The molecule has 5 nitrogen and oxygen atoms in total. The molecule has 2 N–H and O–H groups in total. The van der Waals surface area contributed by atoms with Crippen molar-refractivity contribution in [3.63, 3.8) is 0 Å². The first-order chi connectivity index (χ1) is 10.1. The second-order valence-electron chi connectivity index (χ2n) is 5.94. The summed E-state index contributed by atoms with van der Waals surface area (Å²) in [6.45, 7) is 4.29. The van der Waals surface area contributed by atoms with E-state index in [4.69, 9.17) is 23.8 Å². The van der Waals surface area contributed by atoms with Gasteiger partial charge in [0.1, 0.15) is 11.0 Å². The van der Waals surface area contributed by atoms with Crippen LogP contribution in [0.3, 0.4) is 0 Å². The molecule has 1 aromatic rings. The van der Waals surface area contributed by atoms with Gasteiger partial charge in [0.15, 0.2) is 5.11 Å². The molecule has 0 radical (unpaired) electrons. The van der Waals surface area contributed by atoms with Gasteiger partial charge in [-0.15, -0.1) is 0 Å². The molecule has 0 spiro atoms.